The number of rotatable bonds is 6. The minimum absolute atomic E-state index is 0.249. The van der Waals surface area contributed by atoms with E-state index in [1.165, 1.54) is 31.2 Å². The molecule has 1 saturated heterocycles. The third-order valence-electron chi connectivity index (χ3n) is 5.47. The van der Waals surface area contributed by atoms with Gasteiger partial charge in [-0.05, 0) is 49.3 Å². The number of hydrogen-bond acceptors (Lipinski definition) is 2. The number of aliphatic hydroxyl groups is 1. The Bertz CT molecular complexity index is 492. The molecule has 1 aliphatic carbocycles. The molecular formula is C20H29NO. The Morgan fingerprint density at radius 3 is 2.68 bits per heavy atom. The van der Waals surface area contributed by atoms with Crippen LogP contribution in [0.3, 0.4) is 0 Å². The van der Waals surface area contributed by atoms with Crippen molar-refractivity contribution in [3.63, 3.8) is 0 Å². The van der Waals surface area contributed by atoms with Crippen LogP contribution in [0.15, 0.2) is 42.2 Å². The molecular weight excluding hydrogens is 270 g/mol. The lowest BCUT2D eigenvalue weighted by molar-refractivity contribution is 0.151. The van der Waals surface area contributed by atoms with E-state index in [4.69, 9.17) is 0 Å². The van der Waals surface area contributed by atoms with E-state index >= 15 is 0 Å². The van der Waals surface area contributed by atoms with Crippen LogP contribution in [-0.4, -0.2) is 29.1 Å². The Kier molecular flexibility index (Phi) is 5.20. The second-order valence-electron chi connectivity index (χ2n) is 6.98. The van der Waals surface area contributed by atoms with E-state index in [1.54, 1.807) is 0 Å². The highest BCUT2D eigenvalue weighted by molar-refractivity contribution is 5.21. The monoisotopic (exact) mass is 299 g/mol. The van der Waals surface area contributed by atoms with Crippen molar-refractivity contribution in [1.82, 2.24) is 4.90 Å². The first kappa shape index (κ1) is 15.6. The van der Waals surface area contributed by atoms with E-state index in [-0.39, 0.29) is 6.04 Å². The number of likely N-dealkylation sites (tertiary alicyclic amines) is 1. The Morgan fingerprint density at radius 1 is 1.27 bits per heavy atom. The SMILES string of the molecule is CC/C=C(/O)C(CC1CCC1)N1CCC(c2ccccc2)C1. The molecule has 0 amide bonds. The molecule has 1 heterocycles. The molecule has 120 valence electrons. The Hall–Kier alpha value is -1.28. The van der Waals surface area contributed by atoms with Gasteiger partial charge in [0.25, 0.3) is 0 Å². The first-order valence-corrected chi connectivity index (χ1v) is 8.96. The first-order chi connectivity index (χ1) is 10.8. The first-order valence-electron chi connectivity index (χ1n) is 8.96. The van der Waals surface area contributed by atoms with E-state index in [2.05, 4.69) is 42.2 Å². The van der Waals surface area contributed by atoms with Gasteiger partial charge >= 0.3 is 0 Å². The van der Waals surface area contributed by atoms with Crippen LogP contribution in [0, 0.1) is 5.92 Å². The maximum absolute atomic E-state index is 10.5. The molecule has 2 aliphatic rings. The third-order valence-corrected chi connectivity index (χ3v) is 5.47. The maximum Gasteiger partial charge on any atom is 0.105 e. The number of allylic oxidation sites excluding steroid dienone is 1. The van der Waals surface area contributed by atoms with Gasteiger partial charge in [0.15, 0.2) is 0 Å². The van der Waals surface area contributed by atoms with Gasteiger partial charge in [-0.25, -0.2) is 0 Å². The van der Waals surface area contributed by atoms with Crippen molar-refractivity contribution < 1.29 is 5.11 Å². The Morgan fingerprint density at radius 2 is 2.05 bits per heavy atom. The summed E-state index contributed by atoms with van der Waals surface area (Å²) in [7, 11) is 0. The lowest BCUT2D eigenvalue weighted by Crippen LogP contribution is -2.37. The van der Waals surface area contributed by atoms with Gasteiger partial charge in [-0.1, -0.05) is 56.5 Å². The van der Waals surface area contributed by atoms with Gasteiger partial charge in [0.2, 0.25) is 0 Å². The summed E-state index contributed by atoms with van der Waals surface area (Å²) in [6.45, 7) is 4.30. The summed E-state index contributed by atoms with van der Waals surface area (Å²) in [4.78, 5) is 2.53. The molecule has 0 radical (unpaired) electrons. The van der Waals surface area contributed by atoms with Crippen molar-refractivity contribution in [2.75, 3.05) is 13.1 Å². The molecule has 3 rings (SSSR count). The second kappa shape index (κ2) is 7.32. The van der Waals surface area contributed by atoms with Gasteiger partial charge in [0.05, 0.1) is 6.04 Å². The molecule has 2 fully saturated rings. The highest BCUT2D eigenvalue weighted by Crippen LogP contribution is 2.36. The summed E-state index contributed by atoms with van der Waals surface area (Å²) < 4.78 is 0. The predicted molar refractivity (Wildman–Crippen MR) is 92.1 cm³/mol. The van der Waals surface area contributed by atoms with E-state index in [1.807, 2.05) is 6.08 Å². The van der Waals surface area contributed by atoms with Gasteiger partial charge in [0, 0.05) is 6.54 Å². The van der Waals surface area contributed by atoms with Gasteiger partial charge in [0.1, 0.15) is 5.76 Å². The fourth-order valence-corrected chi connectivity index (χ4v) is 3.91. The van der Waals surface area contributed by atoms with Crippen LogP contribution in [0.4, 0.5) is 0 Å². The maximum atomic E-state index is 10.5. The molecule has 2 heteroatoms. The summed E-state index contributed by atoms with van der Waals surface area (Å²) in [5.74, 6) is 2.07. The van der Waals surface area contributed by atoms with Crippen LogP contribution in [0.25, 0.3) is 0 Å². The molecule has 1 N–H and O–H groups in total. The zero-order valence-electron chi connectivity index (χ0n) is 13.7. The van der Waals surface area contributed by atoms with Crippen LogP contribution in [0.2, 0.25) is 0 Å². The molecule has 1 aromatic carbocycles. The fourth-order valence-electron chi connectivity index (χ4n) is 3.91. The van der Waals surface area contributed by atoms with Crippen molar-refractivity contribution in [2.24, 2.45) is 5.92 Å². The number of aliphatic hydroxyl groups excluding tert-OH is 1. The third kappa shape index (κ3) is 3.55. The second-order valence-corrected chi connectivity index (χ2v) is 6.98. The normalized spacial score (nSPS) is 25.1. The van der Waals surface area contributed by atoms with Gasteiger partial charge in [-0.15, -0.1) is 0 Å². The molecule has 1 aromatic rings. The zero-order chi connectivity index (χ0) is 15.4. The number of hydrogen-bond donors (Lipinski definition) is 1. The summed E-state index contributed by atoms with van der Waals surface area (Å²) >= 11 is 0. The molecule has 22 heavy (non-hydrogen) atoms. The molecule has 1 saturated carbocycles. The molecule has 0 spiro atoms. The molecule has 1 aliphatic heterocycles. The zero-order valence-corrected chi connectivity index (χ0v) is 13.7. The van der Waals surface area contributed by atoms with Gasteiger partial charge in [-0.3, -0.25) is 4.90 Å². The standard InChI is InChI=1S/C20H29NO/c1-2-7-20(22)19(14-16-8-6-9-16)21-13-12-18(15-21)17-10-4-3-5-11-17/h3-5,7,10-11,16,18-19,22H,2,6,8-9,12-15H2,1H3/b20-7+. The average molecular weight is 299 g/mol. The minimum Gasteiger partial charge on any atom is -0.511 e. The van der Waals surface area contributed by atoms with Crippen LogP contribution in [0.1, 0.15) is 56.9 Å². The molecule has 2 unspecified atom stereocenters. The topological polar surface area (TPSA) is 23.5 Å². The van der Waals surface area contributed by atoms with Crippen LogP contribution in [-0.2, 0) is 0 Å². The highest BCUT2D eigenvalue weighted by Gasteiger charge is 2.33. The van der Waals surface area contributed by atoms with Crippen molar-refractivity contribution in [2.45, 2.75) is 57.4 Å². The van der Waals surface area contributed by atoms with Crippen molar-refractivity contribution >= 4 is 0 Å². The molecule has 0 aromatic heterocycles. The summed E-state index contributed by atoms with van der Waals surface area (Å²) in [6, 6.07) is 11.1. The number of benzene rings is 1. The Balaban J connectivity index is 1.67. The van der Waals surface area contributed by atoms with Crippen LogP contribution in [0.5, 0.6) is 0 Å². The molecule has 2 nitrogen and oxygen atoms in total. The smallest absolute Gasteiger partial charge is 0.105 e. The van der Waals surface area contributed by atoms with E-state index in [0.717, 1.165) is 31.8 Å². The van der Waals surface area contributed by atoms with E-state index in [9.17, 15) is 5.11 Å². The quantitative estimate of drug-likeness (QED) is 0.756. The highest BCUT2D eigenvalue weighted by atomic mass is 16.3. The minimum atomic E-state index is 0.249. The summed E-state index contributed by atoms with van der Waals surface area (Å²) in [5.41, 5.74) is 1.45. The van der Waals surface area contributed by atoms with E-state index in [0.29, 0.717) is 11.7 Å². The van der Waals surface area contributed by atoms with Crippen molar-refractivity contribution in [3.05, 3.63) is 47.7 Å². The van der Waals surface area contributed by atoms with Crippen molar-refractivity contribution in [1.29, 1.82) is 0 Å². The average Bonchev–Trinajstić information content (AvgIpc) is 2.97. The number of nitrogens with zero attached hydrogens (tertiary/aromatic N) is 1. The molecule has 0 bridgehead atoms. The van der Waals surface area contributed by atoms with Gasteiger partial charge < -0.3 is 5.11 Å². The summed E-state index contributed by atoms with van der Waals surface area (Å²) in [5, 5.41) is 10.5. The predicted octanol–water partition coefficient (Wildman–Crippen LogP) is 4.89. The van der Waals surface area contributed by atoms with Crippen molar-refractivity contribution in [3.8, 4) is 0 Å². The Labute approximate surface area is 134 Å². The summed E-state index contributed by atoms with van der Waals surface area (Å²) in [6.07, 6.45) is 9.37. The van der Waals surface area contributed by atoms with Gasteiger partial charge in [-0.2, -0.15) is 0 Å². The largest absolute Gasteiger partial charge is 0.511 e. The fraction of sp³-hybridized carbons (Fsp3) is 0.600. The van der Waals surface area contributed by atoms with Crippen LogP contribution >= 0.6 is 0 Å². The lowest BCUT2D eigenvalue weighted by atomic mass is 9.80. The lowest BCUT2D eigenvalue weighted by Gasteiger charge is -2.34. The molecule has 2 atom stereocenters. The van der Waals surface area contributed by atoms with Crippen LogP contribution < -0.4 is 0 Å². The van der Waals surface area contributed by atoms with E-state index < -0.39 is 0 Å².